The molecule has 0 aliphatic rings. The summed E-state index contributed by atoms with van der Waals surface area (Å²) in [6.45, 7) is 8.33. The van der Waals surface area contributed by atoms with Crippen molar-refractivity contribution in [3.63, 3.8) is 0 Å². The molecular weight excluding hydrogens is 284 g/mol. The Morgan fingerprint density at radius 2 is 1.48 bits per heavy atom. The zero-order chi connectivity index (χ0) is 15.8. The number of aryl methyl sites for hydroxylation is 3. The van der Waals surface area contributed by atoms with E-state index in [1.807, 2.05) is 12.1 Å². The van der Waals surface area contributed by atoms with Gasteiger partial charge in [0.05, 0.1) is 4.90 Å². The van der Waals surface area contributed by atoms with E-state index in [2.05, 4.69) is 44.4 Å². The molecule has 112 valence electrons. The molecule has 0 bridgehead atoms. The van der Waals surface area contributed by atoms with E-state index in [4.69, 9.17) is 5.14 Å². The van der Waals surface area contributed by atoms with Gasteiger partial charge in [0, 0.05) is 38.5 Å². The molecule has 0 spiro atoms. The minimum absolute atomic E-state index is 0.125. The SMILES string of the molecule is Cc1cc(C)[n+](C(C)c2ccc(S(N)(=O)=O)cc2)c(C)c1. The van der Waals surface area contributed by atoms with Crippen LogP contribution in [0.5, 0.6) is 0 Å². The van der Waals surface area contributed by atoms with Gasteiger partial charge in [-0.3, -0.25) is 0 Å². The number of hydrogen-bond donors (Lipinski definition) is 1. The van der Waals surface area contributed by atoms with Crippen LogP contribution < -0.4 is 9.71 Å². The maximum Gasteiger partial charge on any atom is 0.238 e. The summed E-state index contributed by atoms with van der Waals surface area (Å²) in [5, 5.41) is 5.13. The monoisotopic (exact) mass is 305 g/mol. The number of hydrogen-bond acceptors (Lipinski definition) is 2. The molecule has 0 saturated heterocycles. The Labute approximate surface area is 126 Å². The van der Waals surface area contributed by atoms with Gasteiger partial charge in [-0.25, -0.2) is 13.6 Å². The second-order valence-electron chi connectivity index (χ2n) is 5.48. The van der Waals surface area contributed by atoms with Crippen LogP contribution in [0.4, 0.5) is 0 Å². The molecule has 0 aliphatic carbocycles. The van der Waals surface area contributed by atoms with Crippen molar-refractivity contribution in [1.82, 2.24) is 0 Å². The Morgan fingerprint density at radius 3 is 1.90 bits per heavy atom. The van der Waals surface area contributed by atoms with Crippen molar-refractivity contribution in [2.45, 2.75) is 38.6 Å². The largest absolute Gasteiger partial charge is 0.238 e. The highest BCUT2D eigenvalue weighted by Crippen LogP contribution is 2.17. The van der Waals surface area contributed by atoms with Gasteiger partial charge in [0.2, 0.25) is 10.0 Å². The summed E-state index contributed by atoms with van der Waals surface area (Å²) >= 11 is 0. The van der Waals surface area contributed by atoms with Gasteiger partial charge in [-0.15, -0.1) is 0 Å². The maximum absolute atomic E-state index is 11.3. The average molecular weight is 305 g/mol. The van der Waals surface area contributed by atoms with Crippen molar-refractivity contribution in [1.29, 1.82) is 0 Å². The van der Waals surface area contributed by atoms with Crippen molar-refractivity contribution in [3.05, 3.63) is 58.9 Å². The fraction of sp³-hybridized carbons (Fsp3) is 0.312. The van der Waals surface area contributed by atoms with Gasteiger partial charge < -0.3 is 0 Å². The lowest BCUT2D eigenvalue weighted by atomic mass is 10.1. The predicted octanol–water partition coefficient (Wildman–Crippen LogP) is 2.16. The molecule has 0 fully saturated rings. The van der Waals surface area contributed by atoms with Gasteiger partial charge in [0.15, 0.2) is 17.4 Å². The van der Waals surface area contributed by atoms with Gasteiger partial charge in [-0.05, 0) is 24.6 Å². The lowest BCUT2D eigenvalue weighted by Crippen LogP contribution is -2.44. The molecule has 0 aliphatic heterocycles. The number of rotatable bonds is 3. The Morgan fingerprint density at radius 1 is 1.00 bits per heavy atom. The second-order valence-corrected chi connectivity index (χ2v) is 7.04. The molecule has 0 radical (unpaired) electrons. The molecule has 1 unspecified atom stereocenters. The summed E-state index contributed by atoms with van der Waals surface area (Å²) in [5.74, 6) is 0. The standard InChI is InChI=1S/C16H21N2O2S/c1-11-9-12(2)18(13(3)10-11)14(4)15-5-7-16(8-6-15)21(17,19)20/h5-10,14H,1-4H3,(H2,17,19,20)/q+1. The third-order valence-corrected chi connectivity index (χ3v) is 4.64. The van der Waals surface area contributed by atoms with Crippen LogP contribution in [0.15, 0.2) is 41.3 Å². The van der Waals surface area contributed by atoms with Crippen molar-refractivity contribution >= 4 is 10.0 Å². The van der Waals surface area contributed by atoms with E-state index in [1.54, 1.807) is 12.1 Å². The van der Waals surface area contributed by atoms with Gasteiger partial charge >= 0.3 is 0 Å². The number of pyridine rings is 1. The van der Waals surface area contributed by atoms with E-state index < -0.39 is 10.0 Å². The molecule has 1 aromatic heterocycles. The third kappa shape index (κ3) is 3.31. The first-order chi connectivity index (χ1) is 9.70. The van der Waals surface area contributed by atoms with Crippen LogP contribution in [-0.4, -0.2) is 8.42 Å². The number of aromatic nitrogens is 1. The molecule has 0 amide bonds. The Bertz CT molecular complexity index is 742. The molecule has 2 aromatic rings. The van der Waals surface area contributed by atoms with E-state index in [1.165, 1.54) is 17.0 Å². The van der Waals surface area contributed by atoms with E-state index in [0.29, 0.717) is 0 Å². The Balaban J connectivity index is 2.44. The van der Waals surface area contributed by atoms with Crippen LogP contribution in [-0.2, 0) is 10.0 Å². The smallest absolute Gasteiger partial charge is 0.225 e. The first-order valence-electron chi connectivity index (χ1n) is 6.82. The van der Waals surface area contributed by atoms with Crippen molar-refractivity contribution in [2.24, 2.45) is 5.14 Å². The maximum atomic E-state index is 11.3. The number of nitrogens with two attached hydrogens (primary N) is 1. The van der Waals surface area contributed by atoms with Crippen molar-refractivity contribution < 1.29 is 13.0 Å². The predicted molar refractivity (Wildman–Crippen MR) is 82.5 cm³/mol. The van der Waals surface area contributed by atoms with Crippen LogP contribution in [0.1, 0.15) is 35.5 Å². The van der Waals surface area contributed by atoms with Crippen LogP contribution in [0.3, 0.4) is 0 Å². The van der Waals surface area contributed by atoms with Crippen LogP contribution in [0.2, 0.25) is 0 Å². The number of sulfonamides is 1. The van der Waals surface area contributed by atoms with Gasteiger partial charge in [-0.1, -0.05) is 12.1 Å². The molecule has 1 atom stereocenters. The van der Waals surface area contributed by atoms with Gasteiger partial charge in [0.25, 0.3) is 0 Å². The van der Waals surface area contributed by atoms with Crippen molar-refractivity contribution in [3.8, 4) is 0 Å². The average Bonchev–Trinajstić information content (AvgIpc) is 2.36. The van der Waals surface area contributed by atoms with E-state index in [9.17, 15) is 8.42 Å². The highest BCUT2D eigenvalue weighted by molar-refractivity contribution is 7.89. The van der Waals surface area contributed by atoms with Crippen LogP contribution in [0, 0.1) is 20.8 Å². The fourth-order valence-electron chi connectivity index (χ4n) is 2.81. The third-order valence-electron chi connectivity index (χ3n) is 3.71. The first-order valence-corrected chi connectivity index (χ1v) is 8.37. The zero-order valence-electron chi connectivity index (χ0n) is 12.8. The lowest BCUT2D eigenvalue weighted by Gasteiger charge is -2.13. The molecule has 5 heteroatoms. The minimum Gasteiger partial charge on any atom is -0.225 e. The highest BCUT2D eigenvalue weighted by atomic mass is 32.2. The molecular formula is C16H21N2O2S+. The molecule has 4 nitrogen and oxygen atoms in total. The molecule has 21 heavy (non-hydrogen) atoms. The van der Waals surface area contributed by atoms with Gasteiger partial charge in [-0.2, -0.15) is 4.57 Å². The van der Waals surface area contributed by atoms with Crippen LogP contribution >= 0.6 is 0 Å². The zero-order valence-corrected chi connectivity index (χ0v) is 13.6. The summed E-state index contributed by atoms with van der Waals surface area (Å²) in [6, 6.07) is 11.2. The van der Waals surface area contributed by atoms with E-state index in [-0.39, 0.29) is 10.9 Å². The topological polar surface area (TPSA) is 64.0 Å². The first kappa shape index (κ1) is 15.7. The highest BCUT2D eigenvalue weighted by Gasteiger charge is 2.21. The van der Waals surface area contributed by atoms with Crippen LogP contribution in [0.25, 0.3) is 0 Å². The summed E-state index contributed by atoms with van der Waals surface area (Å²) in [7, 11) is -3.64. The number of primary sulfonamides is 1. The summed E-state index contributed by atoms with van der Waals surface area (Å²) in [6.07, 6.45) is 0. The molecule has 1 aromatic carbocycles. The second kappa shape index (κ2) is 5.58. The quantitative estimate of drug-likeness (QED) is 0.883. The van der Waals surface area contributed by atoms with E-state index in [0.717, 1.165) is 5.56 Å². The molecule has 2 rings (SSSR count). The summed E-state index contributed by atoms with van der Waals surface area (Å²) < 4.78 is 24.8. The Hall–Kier alpha value is -1.72. The number of benzene rings is 1. The van der Waals surface area contributed by atoms with Crippen molar-refractivity contribution in [2.75, 3.05) is 0 Å². The number of nitrogens with zero attached hydrogens (tertiary/aromatic N) is 1. The van der Waals surface area contributed by atoms with Gasteiger partial charge in [0.1, 0.15) is 0 Å². The lowest BCUT2D eigenvalue weighted by molar-refractivity contribution is -0.721. The molecule has 2 N–H and O–H groups in total. The molecule has 1 heterocycles. The summed E-state index contributed by atoms with van der Waals surface area (Å²) in [4.78, 5) is 0.140. The minimum atomic E-state index is -3.64. The van der Waals surface area contributed by atoms with E-state index >= 15 is 0 Å². The summed E-state index contributed by atoms with van der Waals surface area (Å²) in [5.41, 5.74) is 4.63. The fourth-order valence-corrected chi connectivity index (χ4v) is 3.33. The molecule has 0 saturated carbocycles. The normalized spacial score (nSPS) is 13.2. The Kier molecular flexibility index (Phi) is 4.16.